The van der Waals surface area contributed by atoms with Gasteiger partial charge in [0.05, 0.1) is 0 Å². The lowest BCUT2D eigenvalue weighted by Crippen LogP contribution is -1.98. The summed E-state index contributed by atoms with van der Waals surface area (Å²) in [6.45, 7) is 6.36. The average molecular weight is 298 g/mol. The maximum absolute atomic E-state index is 4.26. The third kappa shape index (κ3) is 3.43. The van der Waals surface area contributed by atoms with Crippen LogP contribution >= 0.6 is 0 Å². The van der Waals surface area contributed by atoms with E-state index in [1.807, 2.05) is 0 Å². The van der Waals surface area contributed by atoms with E-state index in [4.69, 9.17) is 0 Å². The van der Waals surface area contributed by atoms with Gasteiger partial charge in [0.1, 0.15) is 0 Å². The van der Waals surface area contributed by atoms with Crippen LogP contribution in [0.15, 0.2) is 96.6 Å². The molecule has 23 heavy (non-hydrogen) atoms. The summed E-state index contributed by atoms with van der Waals surface area (Å²) in [5.41, 5.74) is 7.36. The van der Waals surface area contributed by atoms with Gasteiger partial charge in [0, 0.05) is 0 Å². The fourth-order valence-electron chi connectivity index (χ4n) is 3.07. The molecule has 0 nitrogen and oxygen atoms in total. The maximum Gasteiger partial charge on any atom is -0.00337 e. The largest absolute Gasteiger partial charge is 0.0955 e. The van der Waals surface area contributed by atoms with Crippen LogP contribution in [0.25, 0.3) is 11.1 Å². The van der Waals surface area contributed by atoms with Gasteiger partial charge in [0.25, 0.3) is 0 Å². The Labute approximate surface area is 139 Å². The van der Waals surface area contributed by atoms with Crippen LogP contribution in [-0.4, -0.2) is 0 Å². The minimum absolute atomic E-state index is 1.09. The van der Waals surface area contributed by atoms with E-state index in [0.29, 0.717) is 0 Å². The van der Waals surface area contributed by atoms with E-state index in [9.17, 15) is 0 Å². The van der Waals surface area contributed by atoms with Crippen LogP contribution in [0.2, 0.25) is 0 Å². The summed E-state index contributed by atoms with van der Waals surface area (Å²) in [4.78, 5) is 0. The van der Waals surface area contributed by atoms with E-state index < -0.39 is 0 Å². The summed E-state index contributed by atoms with van der Waals surface area (Å²) in [7, 11) is 0. The number of allylic oxidation sites excluding steroid dienone is 7. The molecule has 114 valence electrons. The molecule has 1 aliphatic carbocycles. The van der Waals surface area contributed by atoms with Crippen LogP contribution in [-0.2, 0) is 0 Å². The molecule has 1 aliphatic rings. The van der Waals surface area contributed by atoms with E-state index in [2.05, 4.69) is 92.4 Å². The monoisotopic (exact) mass is 298 g/mol. The molecule has 0 N–H and O–H groups in total. The lowest BCUT2D eigenvalue weighted by molar-refractivity contribution is 1.03. The summed E-state index contributed by atoms with van der Waals surface area (Å²) in [5.74, 6) is 0. The number of benzene rings is 2. The van der Waals surface area contributed by atoms with Crippen LogP contribution in [0.3, 0.4) is 0 Å². The molecular formula is C23H22. The summed E-state index contributed by atoms with van der Waals surface area (Å²) >= 11 is 0. The first-order chi connectivity index (χ1) is 11.3. The van der Waals surface area contributed by atoms with Gasteiger partial charge in [-0.1, -0.05) is 85.5 Å². The Bertz CT molecular complexity index is 771. The maximum atomic E-state index is 4.26. The summed E-state index contributed by atoms with van der Waals surface area (Å²) < 4.78 is 0. The zero-order chi connectivity index (χ0) is 16.1. The molecule has 2 aromatic rings. The Morgan fingerprint density at radius 3 is 1.96 bits per heavy atom. The Morgan fingerprint density at radius 1 is 0.826 bits per heavy atom. The van der Waals surface area contributed by atoms with Crippen molar-refractivity contribution in [2.24, 2.45) is 0 Å². The van der Waals surface area contributed by atoms with Gasteiger partial charge in [-0.15, -0.1) is 0 Å². The molecule has 2 aromatic carbocycles. The minimum Gasteiger partial charge on any atom is -0.0955 e. The van der Waals surface area contributed by atoms with Gasteiger partial charge in [-0.25, -0.2) is 0 Å². The molecule has 0 aromatic heterocycles. The number of hydrogen-bond acceptors (Lipinski definition) is 0. The summed E-state index contributed by atoms with van der Waals surface area (Å²) in [6.07, 6.45) is 9.07. The highest BCUT2D eigenvalue weighted by Gasteiger charge is 2.15. The second kappa shape index (κ2) is 7.11. The SMILES string of the molecule is C=C(C)/C(=C(\C1=CCCC=C1)c1ccccc1)c1ccccc1. The third-order valence-corrected chi connectivity index (χ3v) is 4.09. The van der Waals surface area contributed by atoms with Crippen molar-refractivity contribution in [3.63, 3.8) is 0 Å². The van der Waals surface area contributed by atoms with E-state index >= 15 is 0 Å². The molecular weight excluding hydrogens is 276 g/mol. The van der Waals surface area contributed by atoms with Crippen LogP contribution in [0.1, 0.15) is 30.9 Å². The van der Waals surface area contributed by atoms with Crippen molar-refractivity contribution in [1.29, 1.82) is 0 Å². The van der Waals surface area contributed by atoms with Crippen molar-refractivity contribution in [2.75, 3.05) is 0 Å². The molecule has 0 radical (unpaired) electrons. The van der Waals surface area contributed by atoms with E-state index in [1.165, 1.54) is 27.8 Å². The van der Waals surface area contributed by atoms with Gasteiger partial charge in [-0.3, -0.25) is 0 Å². The fourth-order valence-corrected chi connectivity index (χ4v) is 3.07. The lowest BCUT2D eigenvalue weighted by Gasteiger charge is -2.19. The molecule has 0 heterocycles. The topological polar surface area (TPSA) is 0 Å². The first-order valence-corrected chi connectivity index (χ1v) is 8.15. The number of hydrogen-bond donors (Lipinski definition) is 0. The molecule has 0 saturated carbocycles. The van der Waals surface area contributed by atoms with Crippen molar-refractivity contribution in [2.45, 2.75) is 19.8 Å². The molecule has 0 aliphatic heterocycles. The molecule has 0 spiro atoms. The first kappa shape index (κ1) is 15.3. The minimum atomic E-state index is 1.09. The Morgan fingerprint density at radius 2 is 1.43 bits per heavy atom. The normalized spacial score (nSPS) is 14.9. The predicted octanol–water partition coefficient (Wildman–Crippen LogP) is 6.45. The second-order valence-electron chi connectivity index (χ2n) is 5.90. The molecule has 0 unspecified atom stereocenters. The molecule has 0 saturated heterocycles. The van der Waals surface area contributed by atoms with Crippen molar-refractivity contribution >= 4 is 11.1 Å². The highest BCUT2D eigenvalue weighted by molar-refractivity contribution is 6.04. The highest BCUT2D eigenvalue weighted by atomic mass is 14.2. The molecule has 0 bridgehead atoms. The number of rotatable bonds is 4. The zero-order valence-electron chi connectivity index (χ0n) is 13.6. The quantitative estimate of drug-likeness (QED) is 0.449. The van der Waals surface area contributed by atoms with Crippen LogP contribution in [0.4, 0.5) is 0 Å². The Hall–Kier alpha value is -2.60. The van der Waals surface area contributed by atoms with Crippen molar-refractivity contribution < 1.29 is 0 Å². The van der Waals surface area contributed by atoms with Crippen LogP contribution < -0.4 is 0 Å². The summed E-state index contributed by atoms with van der Waals surface area (Å²) in [5, 5.41) is 0. The van der Waals surface area contributed by atoms with Gasteiger partial charge in [-0.2, -0.15) is 0 Å². The summed E-state index contributed by atoms with van der Waals surface area (Å²) in [6, 6.07) is 21.2. The van der Waals surface area contributed by atoms with E-state index in [-0.39, 0.29) is 0 Å². The van der Waals surface area contributed by atoms with E-state index in [1.54, 1.807) is 0 Å². The molecule has 0 heteroatoms. The van der Waals surface area contributed by atoms with Crippen molar-refractivity contribution in [3.8, 4) is 0 Å². The van der Waals surface area contributed by atoms with Gasteiger partial charge >= 0.3 is 0 Å². The van der Waals surface area contributed by atoms with Gasteiger partial charge < -0.3 is 0 Å². The predicted molar refractivity (Wildman–Crippen MR) is 101 cm³/mol. The second-order valence-corrected chi connectivity index (χ2v) is 5.90. The van der Waals surface area contributed by atoms with E-state index in [0.717, 1.165) is 18.4 Å². The Kier molecular flexibility index (Phi) is 4.73. The first-order valence-electron chi connectivity index (χ1n) is 8.15. The average Bonchev–Trinajstić information content (AvgIpc) is 2.61. The fraction of sp³-hybridized carbons (Fsp3) is 0.130. The molecule has 3 rings (SSSR count). The Balaban J connectivity index is 2.29. The smallest absolute Gasteiger partial charge is 0.00337 e. The van der Waals surface area contributed by atoms with Crippen molar-refractivity contribution in [1.82, 2.24) is 0 Å². The van der Waals surface area contributed by atoms with Gasteiger partial charge in [0.2, 0.25) is 0 Å². The lowest BCUT2D eigenvalue weighted by atomic mass is 9.84. The van der Waals surface area contributed by atoms with Crippen molar-refractivity contribution in [3.05, 3.63) is 108 Å². The zero-order valence-corrected chi connectivity index (χ0v) is 13.6. The molecule has 0 atom stereocenters. The molecule has 0 amide bonds. The third-order valence-electron chi connectivity index (χ3n) is 4.09. The van der Waals surface area contributed by atoms with Crippen LogP contribution in [0.5, 0.6) is 0 Å². The highest BCUT2D eigenvalue weighted by Crippen LogP contribution is 2.37. The molecule has 0 fully saturated rings. The van der Waals surface area contributed by atoms with Gasteiger partial charge in [0.15, 0.2) is 0 Å². The standard InChI is InChI=1S/C23H22/c1-18(2)22(19-12-6-3-7-13-19)23(20-14-8-4-9-15-20)21-16-10-5-11-17-21/h3-4,6-10,12-17H,1,5,11H2,2H3/b23-22+. The van der Waals surface area contributed by atoms with Crippen LogP contribution in [0, 0.1) is 0 Å². The van der Waals surface area contributed by atoms with Gasteiger partial charge in [-0.05, 0) is 53.2 Å².